The number of rotatable bonds is 8. The molecule has 0 spiro atoms. The third-order valence-corrected chi connectivity index (χ3v) is 6.52. The zero-order valence-corrected chi connectivity index (χ0v) is 16.8. The van der Waals surface area contributed by atoms with Gasteiger partial charge in [0, 0.05) is 24.7 Å². The second-order valence-corrected chi connectivity index (χ2v) is 8.87. The van der Waals surface area contributed by atoms with E-state index < -0.39 is 10.0 Å². The summed E-state index contributed by atoms with van der Waals surface area (Å²) < 4.78 is 32.4. The third kappa shape index (κ3) is 6.06. The van der Waals surface area contributed by atoms with Crippen LogP contribution >= 0.6 is 15.9 Å². The maximum absolute atomic E-state index is 12.5. The molecule has 0 unspecified atom stereocenters. The molecule has 0 radical (unpaired) electrons. The maximum atomic E-state index is 12.5. The molecular weight excluding hydrogens is 408 g/mol. The quantitative estimate of drug-likeness (QED) is 0.618. The van der Waals surface area contributed by atoms with Gasteiger partial charge < -0.3 is 10.1 Å². The van der Waals surface area contributed by atoms with E-state index in [1.165, 1.54) is 38.5 Å². The fraction of sp³-hybridized carbons (Fsp3) is 0.588. The molecule has 1 fully saturated rings. The van der Waals surface area contributed by atoms with Crippen molar-refractivity contribution in [2.45, 2.75) is 37.0 Å². The van der Waals surface area contributed by atoms with Crippen molar-refractivity contribution in [2.24, 2.45) is 5.92 Å². The van der Waals surface area contributed by atoms with E-state index in [0.717, 1.165) is 12.8 Å². The van der Waals surface area contributed by atoms with Gasteiger partial charge in [0.1, 0.15) is 0 Å². The number of sulfonamides is 1. The van der Waals surface area contributed by atoms with Crippen LogP contribution in [-0.2, 0) is 14.8 Å². The summed E-state index contributed by atoms with van der Waals surface area (Å²) >= 11 is 3.33. The lowest BCUT2D eigenvalue weighted by Gasteiger charge is -2.21. The topological polar surface area (TPSA) is 84.5 Å². The molecule has 0 heterocycles. The Morgan fingerprint density at radius 1 is 1.28 bits per heavy atom. The van der Waals surface area contributed by atoms with Gasteiger partial charge in [-0.05, 0) is 52.9 Å². The molecule has 25 heavy (non-hydrogen) atoms. The highest BCUT2D eigenvalue weighted by molar-refractivity contribution is 9.10. The van der Waals surface area contributed by atoms with Crippen LogP contribution in [0.3, 0.4) is 0 Å². The SMILES string of the molecule is COCCNS(=O)(=O)c1ccc(Br)c(C(=O)NCC2CCCCC2)c1. The van der Waals surface area contributed by atoms with Crippen molar-refractivity contribution < 1.29 is 17.9 Å². The molecule has 6 nitrogen and oxygen atoms in total. The predicted molar refractivity (Wildman–Crippen MR) is 100 cm³/mol. The standard InChI is InChI=1S/C17H25BrN2O4S/c1-24-10-9-20-25(22,23)14-7-8-16(18)15(11-14)17(21)19-12-13-5-3-2-4-6-13/h7-8,11,13,20H,2-6,9-10,12H2,1H3,(H,19,21). The molecule has 2 rings (SSSR count). The maximum Gasteiger partial charge on any atom is 0.252 e. The van der Waals surface area contributed by atoms with Crippen LogP contribution in [0, 0.1) is 5.92 Å². The lowest BCUT2D eigenvalue weighted by atomic mass is 9.89. The number of carbonyl (C=O) groups is 1. The number of methoxy groups -OCH3 is 1. The summed E-state index contributed by atoms with van der Waals surface area (Å²) in [5.74, 6) is 0.255. The van der Waals surface area contributed by atoms with E-state index in [4.69, 9.17) is 4.74 Å². The van der Waals surface area contributed by atoms with E-state index in [2.05, 4.69) is 26.0 Å². The Hall–Kier alpha value is -0.960. The van der Waals surface area contributed by atoms with E-state index in [-0.39, 0.29) is 24.0 Å². The zero-order valence-electron chi connectivity index (χ0n) is 14.4. The number of hydrogen-bond donors (Lipinski definition) is 2. The molecule has 0 aromatic heterocycles. The molecule has 1 aromatic rings. The van der Waals surface area contributed by atoms with Crippen LogP contribution < -0.4 is 10.0 Å². The normalized spacial score (nSPS) is 15.9. The van der Waals surface area contributed by atoms with E-state index in [1.54, 1.807) is 6.07 Å². The monoisotopic (exact) mass is 432 g/mol. The highest BCUT2D eigenvalue weighted by Gasteiger charge is 2.19. The van der Waals surface area contributed by atoms with E-state index >= 15 is 0 Å². The minimum atomic E-state index is -3.67. The fourth-order valence-electron chi connectivity index (χ4n) is 2.93. The second-order valence-electron chi connectivity index (χ2n) is 6.25. The molecule has 1 aromatic carbocycles. The first kappa shape index (κ1) is 20.4. The Labute approximate surface area is 157 Å². The van der Waals surface area contributed by atoms with Gasteiger partial charge in [-0.15, -0.1) is 0 Å². The number of halogens is 1. The number of benzene rings is 1. The van der Waals surface area contributed by atoms with Crippen molar-refractivity contribution in [1.82, 2.24) is 10.0 Å². The number of amides is 1. The molecule has 0 saturated heterocycles. The number of hydrogen-bond acceptors (Lipinski definition) is 4. The van der Waals surface area contributed by atoms with Crippen molar-refractivity contribution in [3.05, 3.63) is 28.2 Å². The Balaban J connectivity index is 2.05. The summed E-state index contributed by atoms with van der Waals surface area (Å²) in [5, 5.41) is 2.94. The van der Waals surface area contributed by atoms with Gasteiger partial charge in [0.2, 0.25) is 10.0 Å². The summed E-state index contributed by atoms with van der Waals surface area (Å²) in [5.41, 5.74) is 0.324. The summed E-state index contributed by atoms with van der Waals surface area (Å²) in [6, 6.07) is 4.45. The number of ether oxygens (including phenoxy) is 1. The molecular formula is C17H25BrN2O4S. The predicted octanol–water partition coefficient (Wildman–Crippen LogP) is 2.68. The van der Waals surface area contributed by atoms with E-state index in [9.17, 15) is 13.2 Å². The first-order valence-electron chi connectivity index (χ1n) is 8.50. The van der Waals surface area contributed by atoms with Crippen LogP contribution in [0.2, 0.25) is 0 Å². The average molecular weight is 433 g/mol. The minimum Gasteiger partial charge on any atom is -0.383 e. The van der Waals surface area contributed by atoms with E-state index in [0.29, 0.717) is 22.5 Å². The molecule has 0 bridgehead atoms. The van der Waals surface area contributed by atoms with Crippen LogP contribution in [0.5, 0.6) is 0 Å². The van der Waals surface area contributed by atoms with Gasteiger partial charge in [-0.1, -0.05) is 19.3 Å². The number of carbonyl (C=O) groups excluding carboxylic acids is 1. The number of nitrogens with one attached hydrogen (secondary N) is 2. The Kier molecular flexibility index (Phi) is 7.86. The van der Waals surface area contributed by atoms with Gasteiger partial charge >= 0.3 is 0 Å². The molecule has 1 saturated carbocycles. The van der Waals surface area contributed by atoms with Crippen molar-refractivity contribution in [3.63, 3.8) is 0 Å². The first-order valence-corrected chi connectivity index (χ1v) is 10.8. The first-order chi connectivity index (χ1) is 11.9. The highest BCUT2D eigenvalue weighted by Crippen LogP contribution is 2.24. The minimum absolute atomic E-state index is 0.0645. The van der Waals surface area contributed by atoms with Crippen LogP contribution in [0.25, 0.3) is 0 Å². The third-order valence-electron chi connectivity index (χ3n) is 4.37. The molecule has 1 aliphatic rings. The van der Waals surface area contributed by atoms with Crippen molar-refractivity contribution in [2.75, 3.05) is 26.8 Å². The fourth-order valence-corrected chi connectivity index (χ4v) is 4.40. The Morgan fingerprint density at radius 3 is 2.68 bits per heavy atom. The Morgan fingerprint density at radius 2 is 2.00 bits per heavy atom. The van der Waals surface area contributed by atoms with Gasteiger partial charge in [-0.2, -0.15) is 0 Å². The van der Waals surface area contributed by atoms with E-state index in [1.807, 2.05) is 0 Å². The largest absolute Gasteiger partial charge is 0.383 e. The molecule has 1 amide bonds. The van der Waals surface area contributed by atoms with Crippen LogP contribution in [0.15, 0.2) is 27.6 Å². The van der Waals surface area contributed by atoms with Gasteiger partial charge in [-0.3, -0.25) is 4.79 Å². The molecule has 1 aliphatic carbocycles. The molecule has 8 heteroatoms. The smallest absolute Gasteiger partial charge is 0.252 e. The van der Waals surface area contributed by atoms with Crippen LogP contribution in [0.4, 0.5) is 0 Å². The average Bonchev–Trinajstić information content (AvgIpc) is 2.61. The van der Waals surface area contributed by atoms with Crippen molar-refractivity contribution >= 4 is 31.9 Å². The van der Waals surface area contributed by atoms with Gasteiger partial charge in [0.15, 0.2) is 0 Å². The molecule has 140 valence electrons. The molecule has 0 aliphatic heterocycles. The van der Waals surface area contributed by atoms with Gasteiger partial charge in [0.25, 0.3) is 5.91 Å². The summed E-state index contributed by atoms with van der Waals surface area (Å²) in [6.07, 6.45) is 5.97. The van der Waals surface area contributed by atoms with Crippen molar-refractivity contribution in [3.8, 4) is 0 Å². The van der Waals surface area contributed by atoms with Crippen LogP contribution in [-0.4, -0.2) is 41.1 Å². The highest BCUT2D eigenvalue weighted by atomic mass is 79.9. The summed E-state index contributed by atoms with van der Waals surface area (Å²) in [6.45, 7) is 1.09. The Bertz CT molecular complexity index is 688. The lowest BCUT2D eigenvalue weighted by molar-refractivity contribution is 0.0942. The summed E-state index contributed by atoms with van der Waals surface area (Å²) in [4.78, 5) is 12.5. The molecule has 2 N–H and O–H groups in total. The lowest BCUT2D eigenvalue weighted by Crippen LogP contribution is -2.31. The van der Waals surface area contributed by atoms with Gasteiger partial charge in [-0.25, -0.2) is 13.1 Å². The molecule has 0 atom stereocenters. The second kappa shape index (κ2) is 9.66. The van der Waals surface area contributed by atoms with Gasteiger partial charge in [0.05, 0.1) is 17.1 Å². The van der Waals surface area contributed by atoms with Crippen LogP contribution in [0.1, 0.15) is 42.5 Å². The summed E-state index contributed by atoms with van der Waals surface area (Å²) in [7, 11) is -2.17. The van der Waals surface area contributed by atoms with Crippen molar-refractivity contribution in [1.29, 1.82) is 0 Å². The zero-order chi connectivity index (χ0) is 18.3.